The number of nitrogens with one attached hydrogen (secondary N) is 1. The highest BCUT2D eigenvalue weighted by atomic mass is 32.1. The van der Waals surface area contributed by atoms with E-state index >= 15 is 0 Å². The van der Waals surface area contributed by atoms with Crippen molar-refractivity contribution in [1.82, 2.24) is 9.88 Å². The minimum Gasteiger partial charge on any atom is -0.331 e. The van der Waals surface area contributed by atoms with Gasteiger partial charge in [-0.25, -0.2) is 4.98 Å². The van der Waals surface area contributed by atoms with Crippen LogP contribution >= 0.6 is 11.3 Å². The van der Waals surface area contributed by atoms with Gasteiger partial charge in [-0.1, -0.05) is 13.8 Å². The molecule has 1 N–H and O–H groups in total. The van der Waals surface area contributed by atoms with E-state index in [4.69, 9.17) is 0 Å². The van der Waals surface area contributed by atoms with Crippen molar-refractivity contribution in [1.29, 1.82) is 0 Å². The Morgan fingerprint density at radius 3 is 2.72 bits per heavy atom. The maximum absolute atomic E-state index is 11.8. The van der Waals surface area contributed by atoms with Crippen LogP contribution in [-0.4, -0.2) is 34.3 Å². The lowest BCUT2D eigenvalue weighted by molar-refractivity contribution is -0.136. The molecule has 0 aliphatic rings. The van der Waals surface area contributed by atoms with Gasteiger partial charge in [0.05, 0.1) is 0 Å². The maximum atomic E-state index is 11.8. The second-order valence-electron chi connectivity index (χ2n) is 4.02. The predicted octanol–water partition coefficient (Wildman–Crippen LogP) is 2.12. The number of carbonyl (C=O) groups is 2. The van der Waals surface area contributed by atoms with Crippen LogP contribution in [0.2, 0.25) is 0 Å². The van der Waals surface area contributed by atoms with Crippen molar-refractivity contribution in [2.45, 2.75) is 39.7 Å². The third kappa shape index (κ3) is 4.10. The molecule has 0 saturated carbocycles. The second kappa shape index (κ2) is 7.10. The van der Waals surface area contributed by atoms with E-state index in [0.29, 0.717) is 11.6 Å². The van der Waals surface area contributed by atoms with E-state index in [1.807, 2.05) is 13.8 Å². The van der Waals surface area contributed by atoms with E-state index in [0.717, 1.165) is 6.42 Å². The number of nitrogens with zero attached hydrogens (tertiary/aromatic N) is 2. The van der Waals surface area contributed by atoms with Gasteiger partial charge >= 0.3 is 0 Å². The monoisotopic (exact) mass is 269 g/mol. The maximum Gasteiger partial charge on any atom is 0.245 e. The molecule has 0 saturated heterocycles. The van der Waals surface area contributed by atoms with Crippen LogP contribution in [0.25, 0.3) is 0 Å². The van der Waals surface area contributed by atoms with E-state index in [-0.39, 0.29) is 24.4 Å². The third-order valence-corrected chi connectivity index (χ3v) is 3.43. The molecule has 0 aliphatic carbocycles. The Kier molecular flexibility index (Phi) is 5.77. The van der Waals surface area contributed by atoms with Gasteiger partial charge in [-0.2, -0.15) is 0 Å². The standard InChI is InChI=1S/C12H19N3O2S/c1-4-9(3)15(11(17)5-2)8-10(16)14-12-13-6-7-18-12/h6-7,9H,4-5,8H2,1-3H3,(H,13,14,16). The van der Waals surface area contributed by atoms with Crippen molar-refractivity contribution in [2.24, 2.45) is 0 Å². The first-order valence-electron chi connectivity index (χ1n) is 6.07. The molecule has 1 unspecified atom stereocenters. The number of hydrogen-bond donors (Lipinski definition) is 1. The summed E-state index contributed by atoms with van der Waals surface area (Å²) >= 11 is 1.36. The van der Waals surface area contributed by atoms with Crippen molar-refractivity contribution >= 4 is 28.3 Å². The molecule has 0 bridgehead atoms. The van der Waals surface area contributed by atoms with Crippen molar-refractivity contribution < 1.29 is 9.59 Å². The summed E-state index contributed by atoms with van der Waals surface area (Å²) in [5, 5.41) is 5.04. The molecule has 0 aromatic carbocycles. The Balaban J connectivity index is 2.60. The molecule has 1 rings (SSSR count). The lowest BCUT2D eigenvalue weighted by Gasteiger charge is -2.27. The summed E-state index contributed by atoms with van der Waals surface area (Å²) in [6, 6.07) is 0.0690. The van der Waals surface area contributed by atoms with Gasteiger partial charge in [-0.15, -0.1) is 11.3 Å². The molecule has 1 heterocycles. The summed E-state index contributed by atoms with van der Waals surface area (Å²) < 4.78 is 0. The van der Waals surface area contributed by atoms with Crippen LogP contribution in [-0.2, 0) is 9.59 Å². The zero-order valence-electron chi connectivity index (χ0n) is 11.0. The molecule has 1 atom stereocenters. The highest BCUT2D eigenvalue weighted by Crippen LogP contribution is 2.11. The van der Waals surface area contributed by atoms with Crippen molar-refractivity contribution in [3.05, 3.63) is 11.6 Å². The summed E-state index contributed by atoms with van der Waals surface area (Å²) in [5.74, 6) is -0.203. The molecular formula is C12H19N3O2S. The molecule has 0 radical (unpaired) electrons. The fourth-order valence-corrected chi connectivity index (χ4v) is 2.06. The Morgan fingerprint density at radius 2 is 2.22 bits per heavy atom. The van der Waals surface area contributed by atoms with Gasteiger partial charge in [-0.3, -0.25) is 9.59 Å². The van der Waals surface area contributed by atoms with Crippen LogP contribution in [0.1, 0.15) is 33.6 Å². The Labute approximate surface area is 111 Å². The molecule has 6 heteroatoms. The summed E-state index contributed by atoms with van der Waals surface area (Å²) in [5.41, 5.74) is 0. The fourth-order valence-electron chi connectivity index (χ4n) is 1.51. The lowest BCUT2D eigenvalue weighted by atomic mass is 10.2. The minimum absolute atomic E-state index is 0.00126. The summed E-state index contributed by atoms with van der Waals surface area (Å²) in [7, 11) is 0. The molecule has 1 aromatic rings. The average molecular weight is 269 g/mol. The topological polar surface area (TPSA) is 62.3 Å². The normalized spacial score (nSPS) is 11.9. The quantitative estimate of drug-likeness (QED) is 0.860. The molecule has 5 nitrogen and oxygen atoms in total. The van der Waals surface area contributed by atoms with Crippen molar-refractivity contribution in [2.75, 3.05) is 11.9 Å². The van der Waals surface area contributed by atoms with Crippen LogP contribution in [0.4, 0.5) is 5.13 Å². The van der Waals surface area contributed by atoms with Crippen LogP contribution in [0.5, 0.6) is 0 Å². The van der Waals surface area contributed by atoms with Gasteiger partial charge in [0.1, 0.15) is 6.54 Å². The van der Waals surface area contributed by atoms with Gasteiger partial charge < -0.3 is 10.2 Å². The van der Waals surface area contributed by atoms with Gasteiger partial charge in [0, 0.05) is 24.0 Å². The zero-order chi connectivity index (χ0) is 13.5. The van der Waals surface area contributed by atoms with Crippen molar-refractivity contribution in [3.8, 4) is 0 Å². The predicted molar refractivity (Wildman–Crippen MR) is 72.5 cm³/mol. The number of aromatic nitrogens is 1. The highest BCUT2D eigenvalue weighted by molar-refractivity contribution is 7.13. The first-order chi connectivity index (χ1) is 8.58. The lowest BCUT2D eigenvalue weighted by Crippen LogP contribution is -2.43. The third-order valence-electron chi connectivity index (χ3n) is 2.74. The van der Waals surface area contributed by atoms with Crippen molar-refractivity contribution in [3.63, 3.8) is 0 Å². The first-order valence-corrected chi connectivity index (χ1v) is 6.95. The number of rotatable bonds is 6. The molecular weight excluding hydrogens is 250 g/mol. The van der Waals surface area contributed by atoms with E-state index in [2.05, 4.69) is 10.3 Å². The number of carbonyl (C=O) groups excluding carboxylic acids is 2. The number of amides is 2. The largest absolute Gasteiger partial charge is 0.331 e. The number of thiazole rings is 1. The zero-order valence-corrected chi connectivity index (χ0v) is 11.8. The SMILES string of the molecule is CCC(=O)N(CC(=O)Nc1nccs1)C(C)CC. The molecule has 100 valence electrons. The van der Waals surface area contributed by atoms with E-state index in [9.17, 15) is 9.59 Å². The van der Waals surface area contributed by atoms with E-state index in [1.54, 1.807) is 23.4 Å². The van der Waals surface area contributed by atoms with Gasteiger partial charge in [-0.05, 0) is 13.3 Å². The minimum atomic E-state index is -0.202. The highest BCUT2D eigenvalue weighted by Gasteiger charge is 2.20. The van der Waals surface area contributed by atoms with Gasteiger partial charge in [0.15, 0.2) is 5.13 Å². The molecule has 0 fully saturated rings. The molecule has 1 aromatic heterocycles. The van der Waals surface area contributed by atoms with Gasteiger partial charge in [0.2, 0.25) is 11.8 Å². The van der Waals surface area contributed by atoms with Crippen LogP contribution < -0.4 is 5.32 Å². The van der Waals surface area contributed by atoms with E-state index in [1.165, 1.54) is 11.3 Å². The Morgan fingerprint density at radius 1 is 1.50 bits per heavy atom. The van der Waals surface area contributed by atoms with Crippen LogP contribution in [0.15, 0.2) is 11.6 Å². The van der Waals surface area contributed by atoms with Crippen LogP contribution in [0.3, 0.4) is 0 Å². The summed E-state index contributed by atoms with van der Waals surface area (Å²) in [4.78, 5) is 29.2. The Hall–Kier alpha value is -1.43. The van der Waals surface area contributed by atoms with E-state index < -0.39 is 0 Å². The number of anilines is 1. The number of hydrogen-bond acceptors (Lipinski definition) is 4. The molecule has 18 heavy (non-hydrogen) atoms. The Bertz CT molecular complexity index is 392. The average Bonchev–Trinajstić information content (AvgIpc) is 2.86. The second-order valence-corrected chi connectivity index (χ2v) is 4.91. The molecule has 0 aliphatic heterocycles. The smallest absolute Gasteiger partial charge is 0.245 e. The van der Waals surface area contributed by atoms with Crippen LogP contribution in [0, 0.1) is 0 Å². The molecule has 2 amide bonds. The fraction of sp³-hybridized carbons (Fsp3) is 0.583. The molecule has 0 spiro atoms. The van der Waals surface area contributed by atoms with Gasteiger partial charge in [0.25, 0.3) is 0 Å². The first kappa shape index (κ1) is 14.6. The summed E-state index contributed by atoms with van der Waals surface area (Å²) in [6.45, 7) is 5.83. The summed E-state index contributed by atoms with van der Waals surface area (Å²) in [6.07, 6.45) is 2.87.